The van der Waals surface area contributed by atoms with E-state index in [0.29, 0.717) is 18.7 Å². The summed E-state index contributed by atoms with van der Waals surface area (Å²) in [5.41, 5.74) is 6.51. The van der Waals surface area contributed by atoms with E-state index in [2.05, 4.69) is 5.10 Å². The molecule has 1 aliphatic carbocycles. The molecular formula is C10H15F2N3. The summed E-state index contributed by atoms with van der Waals surface area (Å²) in [5.74, 6) is -2.02. The summed E-state index contributed by atoms with van der Waals surface area (Å²) in [6.07, 6.45) is 0.873. The van der Waals surface area contributed by atoms with Crippen LogP contribution in [0.25, 0.3) is 0 Å². The molecule has 1 heterocycles. The second kappa shape index (κ2) is 3.47. The fourth-order valence-corrected chi connectivity index (χ4v) is 2.15. The minimum atomic E-state index is -2.48. The average Bonchev–Trinajstić information content (AvgIpc) is 2.45. The zero-order valence-corrected chi connectivity index (χ0v) is 8.71. The maximum Gasteiger partial charge on any atom is 0.248 e. The van der Waals surface area contributed by atoms with Crippen molar-refractivity contribution < 1.29 is 8.78 Å². The van der Waals surface area contributed by atoms with Crippen LogP contribution in [-0.4, -0.2) is 15.7 Å². The zero-order chi connectivity index (χ0) is 11.1. The van der Waals surface area contributed by atoms with Gasteiger partial charge in [0.25, 0.3) is 0 Å². The Kier molecular flexibility index (Phi) is 2.40. The Morgan fingerprint density at radius 1 is 1.47 bits per heavy atom. The lowest BCUT2D eigenvalue weighted by atomic mass is 9.92. The van der Waals surface area contributed by atoms with Gasteiger partial charge < -0.3 is 5.73 Å². The van der Waals surface area contributed by atoms with Crippen LogP contribution in [0.2, 0.25) is 0 Å². The number of nitrogens with two attached hydrogens (primary N) is 1. The predicted octanol–water partition coefficient (Wildman–Crippen LogP) is 2.52. The molecule has 0 atom stereocenters. The molecule has 0 radical (unpaired) electrons. The molecule has 0 saturated heterocycles. The highest BCUT2D eigenvalue weighted by molar-refractivity contribution is 5.29. The van der Waals surface area contributed by atoms with Crippen LogP contribution in [0.5, 0.6) is 0 Å². The van der Waals surface area contributed by atoms with Gasteiger partial charge in [0.2, 0.25) is 5.92 Å². The van der Waals surface area contributed by atoms with Crippen LogP contribution < -0.4 is 5.73 Å². The Labute approximate surface area is 87.3 Å². The molecule has 1 aliphatic rings. The number of hydrogen-bond donors (Lipinski definition) is 1. The lowest BCUT2D eigenvalue weighted by molar-refractivity contribution is -0.0451. The molecule has 0 unspecified atom stereocenters. The van der Waals surface area contributed by atoms with E-state index < -0.39 is 5.92 Å². The van der Waals surface area contributed by atoms with Crippen LogP contribution in [-0.2, 0) is 0 Å². The number of nitrogen functional groups attached to an aromatic ring is 1. The standard InChI is InChI=1S/C10H15F2N3/c1-7-6-9(13)14-15(7)8-2-4-10(11,12)5-3-8/h6,8H,2-5H2,1H3,(H2,13,14). The molecule has 3 nitrogen and oxygen atoms in total. The van der Waals surface area contributed by atoms with E-state index in [0.717, 1.165) is 5.69 Å². The topological polar surface area (TPSA) is 43.8 Å². The number of halogens is 2. The maximum absolute atomic E-state index is 12.9. The summed E-state index contributed by atoms with van der Waals surface area (Å²) in [6, 6.07) is 1.86. The fourth-order valence-electron chi connectivity index (χ4n) is 2.15. The summed E-state index contributed by atoms with van der Waals surface area (Å²) in [4.78, 5) is 0. The van der Waals surface area contributed by atoms with Crippen LogP contribution >= 0.6 is 0 Å². The van der Waals surface area contributed by atoms with Gasteiger partial charge in [-0.3, -0.25) is 4.68 Å². The van der Waals surface area contributed by atoms with Gasteiger partial charge in [-0.15, -0.1) is 0 Å². The summed E-state index contributed by atoms with van der Waals surface area (Å²) < 4.78 is 27.7. The smallest absolute Gasteiger partial charge is 0.248 e. The molecule has 1 aromatic heterocycles. The van der Waals surface area contributed by atoms with Gasteiger partial charge in [-0.1, -0.05) is 0 Å². The number of rotatable bonds is 1. The minimum absolute atomic E-state index is 0.0448. The first-order valence-corrected chi connectivity index (χ1v) is 5.17. The summed E-state index contributed by atoms with van der Waals surface area (Å²) in [6.45, 7) is 1.90. The van der Waals surface area contributed by atoms with Crippen LogP contribution in [0.4, 0.5) is 14.6 Å². The van der Waals surface area contributed by atoms with Gasteiger partial charge >= 0.3 is 0 Å². The molecule has 0 spiro atoms. The first-order valence-electron chi connectivity index (χ1n) is 5.17. The highest BCUT2D eigenvalue weighted by Gasteiger charge is 2.36. The largest absolute Gasteiger partial charge is 0.382 e. The second-order valence-corrected chi connectivity index (χ2v) is 4.24. The third-order valence-electron chi connectivity index (χ3n) is 2.97. The van der Waals surface area contributed by atoms with Gasteiger partial charge in [0.15, 0.2) is 0 Å². The van der Waals surface area contributed by atoms with Crippen molar-refractivity contribution in [3.63, 3.8) is 0 Å². The Morgan fingerprint density at radius 3 is 2.53 bits per heavy atom. The van der Waals surface area contributed by atoms with E-state index >= 15 is 0 Å². The molecule has 84 valence electrons. The molecule has 0 aliphatic heterocycles. The normalized spacial score (nSPS) is 21.8. The number of aryl methyl sites for hydroxylation is 1. The predicted molar refractivity (Wildman–Crippen MR) is 53.8 cm³/mol. The van der Waals surface area contributed by atoms with Gasteiger partial charge in [-0.05, 0) is 19.8 Å². The van der Waals surface area contributed by atoms with E-state index in [9.17, 15) is 8.78 Å². The molecule has 2 rings (SSSR count). The maximum atomic E-state index is 12.9. The van der Waals surface area contributed by atoms with Gasteiger partial charge in [0.1, 0.15) is 5.82 Å². The van der Waals surface area contributed by atoms with Crippen molar-refractivity contribution in [1.82, 2.24) is 9.78 Å². The Balaban J connectivity index is 2.11. The highest BCUT2D eigenvalue weighted by atomic mass is 19.3. The van der Waals surface area contributed by atoms with Crippen molar-refractivity contribution in [1.29, 1.82) is 0 Å². The molecule has 1 saturated carbocycles. The van der Waals surface area contributed by atoms with E-state index in [-0.39, 0.29) is 18.9 Å². The highest BCUT2D eigenvalue weighted by Crippen LogP contribution is 2.38. The molecule has 0 amide bonds. The number of alkyl halides is 2. The molecule has 1 aromatic rings. The summed E-state index contributed by atoms with van der Waals surface area (Å²) in [7, 11) is 0. The molecular weight excluding hydrogens is 200 g/mol. The van der Waals surface area contributed by atoms with Crippen molar-refractivity contribution in [2.24, 2.45) is 0 Å². The Hall–Kier alpha value is -1.13. The van der Waals surface area contributed by atoms with Crippen molar-refractivity contribution in [3.05, 3.63) is 11.8 Å². The zero-order valence-electron chi connectivity index (χ0n) is 8.71. The monoisotopic (exact) mass is 215 g/mol. The number of anilines is 1. The van der Waals surface area contributed by atoms with Crippen molar-refractivity contribution in [2.45, 2.75) is 44.6 Å². The van der Waals surface area contributed by atoms with E-state index in [1.165, 1.54) is 0 Å². The number of aromatic nitrogens is 2. The van der Waals surface area contributed by atoms with Crippen LogP contribution in [0.15, 0.2) is 6.07 Å². The molecule has 2 N–H and O–H groups in total. The summed E-state index contributed by atoms with van der Waals surface area (Å²) >= 11 is 0. The van der Waals surface area contributed by atoms with Crippen molar-refractivity contribution in [2.75, 3.05) is 5.73 Å². The van der Waals surface area contributed by atoms with Crippen molar-refractivity contribution in [3.8, 4) is 0 Å². The fraction of sp³-hybridized carbons (Fsp3) is 0.700. The second-order valence-electron chi connectivity index (χ2n) is 4.24. The lowest BCUT2D eigenvalue weighted by Crippen LogP contribution is -2.27. The molecule has 0 aromatic carbocycles. The van der Waals surface area contributed by atoms with Crippen LogP contribution in [0.1, 0.15) is 37.4 Å². The van der Waals surface area contributed by atoms with Crippen LogP contribution in [0.3, 0.4) is 0 Å². The molecule has 15 heavy (non-hydrogen) atoms. The Bertz CT molecular complexity index is 350. The SMILES string of the molecule is Cc1cc(N)nn1C1CCC(F)(F)CC1. The van der Waals surface area contributed by atoms with Gasteiger partial charge in [-0.2, -0.15) is 5.10 Å². The van der Waals surface area contributed by atoms with Crippen molar-refractivity contribution >= 4 is 5.82 Å². The third-order valence-corrected chi connectivity index (χ3v) is 2.97. The Morgan fingerprint density at radius 2 is 2.07 bits per heavy atom. The number of nitrogens with zero attached hydrogens (tertiary/aromatic N) is 2. The van der Waals surface area contributed by atoms with E-state index in [1.807, 2.05) is 6.92 Å². The first kappa shape index (κ1) is 10.4. The van der Waals surface area contributed by atoms with Gasteiger partial charge in [-0.25, -0.2) is 8.78 Å². The molecule has 1 fully saturated rings. The lowest BCUT2D eigenvalue weighted by Gasteiger charge is -2.29. The third kappa shape index (κ3) is 2.11. The average molecular weight is 215 g/mol. The first-order chi connectivity index (χ1) is 6.98. The summed E-state index contributed by atoms with van der Waals surface area (Å²) in [5, 5.41) is 4.13. The van der Waals surface area contributed by atoms with Crippen LogP contribution in [0, 0.1) is 6.92 Å². The van der Waals surface area contributed by atoms with E-state index in [4.69, 9.17) is 5.73 Å². The minimum Gasteiger partial charge on any atom is -0.382 e. The van der Waals surface area contributed by atoms with Gasteiger partial charge in [0.05, 0.1) is 6.04 Å². The molecule has 5 heteroatoms. The van der Waals surface area contributed by atoms with E-state index in [1.54, 1.807) is 10.7 Å². The molecule has 0 bridgehead atoms. The quantitative estimate of drug-likeness (QED) is 0.782. The number of hydrogen-bond acceptors (Lipinski definition) is 2. The van der Waals surface area contributed by atoms with Gasteiger partial charge in [0, 0.05) is 24.6 Å².